The third kappa shape index (κ3) is 9.50. The molecule has 2 N–H and O–H groups in total. The van der Waals surface area contributed by atoms with Crippen molar-refractivity contribution >= 4 is 53.0 Å². The number of carbonyl (C=O) groups is 4. The summed E-state index contributed by atoms with van der Waals surface area (Å²) in [5.41, 5.74) is -1.76. The monoisotopic (exact) mass is 836 g/mol. The predicted molar refractivity (Wildman–Crippen MR) is 210 cm³/mol. The molecule has 16 heteroatoms. The van der Waals surface area contributed by atoms with Crippen molar-refractivity contribution in [2.24, 2.45) is 5.41 Å². The van der Waals surface area contributed by atoms with Crippen LogP contribution in [-0.2, 0) is 31.0 Å². The molecule has 58 heavy (non-hydrogen) atoms. The molecule has 1 fully saturated rings. The van der Waals surface area contributed by atoms with Gasteiger partial charge in [-0.3, -0.25) is 4.79 Å². The van der Waals surface area contributed by atoms with Crippen LogP contribution < -0.4 is 15.4 Å². The third-order valence-corrected chi connectivity index (χ3v) is 10.1. The number of benzene rings is 4. The maximum absolute atomic E-state index is 16.0. The Hall–Kier alpha value is -5.75. The van der Waals surface area contributed by atoms with E-state index < -0.39 is 71.3 Å². The molecule has 0 radical (unpaired) electrons. The minimum atomic E-state index is -1.85. The van der Waals surface area contributed by atoms with Gasteiger partial charge in [-0.25, -0.2) is 28.1 Å². The zero-order valence-electron chi connectivity index (χ0n) is 32.1. The van der Waals surface area contributed by atoms with Gasteiger partial charge in [0.15, 0.2) is 0 Å². The van der Waals surface area contributed by atoms with E-state index in [0.29, 0.717) is 10.5 Å². The molecule has 0 saturated carbocycles. The van der Waals surface area contributed by atoms with Crippen LogP contribution in [0.3, 0.4) is 0 Å². The Labute approximate surface area is 343 Å². The number of nitriles is 1. The second kappa shape index (κ2) is 18.2. The Morgan fingerprint density at radius 1 is 0.931 bits per heavy atom. The van der Waals surface area contributed by atoms with Crippen LogP contribution in [0.5, 0.6) is 5.75 Å². The first-order valence-electron chi connectivity index (χ1n) is 17.8. The topological polar surface area (TPSA) is 156 Å². The molecule has 3 amide bonds. The maximum Gasteiger partial charge on any atom is 0.421 e. The van der Waals surface area contributed by atoms with Gasteiger partial charge in [0.25, 0.3) is 0 Å². The van der Waals surface area contributed by atoms with Crippen LogP contribution in [-0.4, -0.2) is 62.0 Å². The number of amides is 3. The summed E-state index contributed by atoms with van der Waals surface area (Å²) >= 11 is 12.4. The van der Waals surface area contributed by atoms with Crippen molar-refractivity contribution in [2.45, 2.75) is 57.2 Å². The summed E-state index contributed by atoms with van der Waals surface area (Å²) in [7, 11) is 2.42. The van der Waals surface area contributed by atoms with E-state index >= 15 is 8.78 Å². The minimum Gasteiger partial charge on any atom is -0.495 e. The SMILES string of the molecule is COc1cc(C(=O)OCOC(=O)N(C)C(=O)OCc2ccccc2)ccc1NC(=O)[C@@H]1N[C@@H](CC(C)(C)C)[C@](C#N)(c2ccc(Cl)cc2F)[C@H]1c1cccc(Cl)c1F. The lowest BCUT2D eigenvalue weighted by Gasteiger charge is -2.37. The molecular weight excluding hydrogens is 797 g/mol. The van der Waals surface area contributed by atoms with Gasteiger partial charge in [-0.1, -0.05) is 92.5 Å². The Morgan fingerprint density at radius 3 is 2.29 bits per heavy atom. The number of imide groups is 1. The Morgan fingerprint density at radius 2 is 1.64 bits per heavy atom. The first-order valence-corrected chi connectivity index (χ1v) is 18.6. The van der Waals surface area contributed by atoms with Crippen LogP contribution in [0.4, 0.5) is 24.1 Å². The molecule has 1 heterocycles. The standard InChI is InChI=1S/C42H40Cl2F2N4O8/c1-41(2,3)20-33-42(22-47,28-16-15-26(43)19-30(28)45)34(27-12-9-13-29(44)35(27)46)36(49-33)37(51)48-31-17-14-25(18-32(31)55-5)38(52)57-23-58-40(54)50(4)39(53)56-21-24-10-7-6-8-11-24/h6-19,33-34,36,49H,20-21,23H2,1-5H3,(H,48,51)/t33-,34-,36+,42-/m0/s1. The predicted octanol–water partition coefficient (Wildman–Crippen LogP) is 8.76. The van der Waals surface area contributed by atoms with Crippen LogP contribution >= 0.6 is 23.2 Å². The fourth-order valence-electron chi connectivity index (χ4n) is 6.89. The molecular formula is C42H40Cl2F2N4O8. The smallest absolute Gasteiger partial charge is 0.421 e. The van der Waals surface area contributed by atoms with Gasteiger partial charge in [0.2, 0.25) is 12.7 Å². The average Bonchev–Trinajstić information content (AvgIpc) is 3.50. The second-order valence-electron chi connectivity index (χ2n) is 14.7. The van der Waals surface area contributed by atoms with E-state index in [2.05, 4.69) is 16.7 Å². The highest BCUT2D eigenvalue weighted by Crippen LogP contribution is 2.53. The van der Waals surface area contributed by atoms with Crippen molar-refractivity contribution in [1.29, 1.82) is 5.26 Å². The lowest BCUT2D eigenvalue weighted by atomic mass is 9.62. The summed E-state index contributed by atoms with van der Waals surface area (Å²) in [6.07, 6.45) is -1.86. The Kier molecular flexibility index (Phi) is 13.6. The normalized spacial score (nSPS) is 18.7. The molecule has 4 atom stereocenters. The fraction of sp³-hybridized carbons (Fsp3) is 0.310. The quantitative estimate of drug-likeness (QED) is 0.111. The molecule has 4 aromatic carbocycles. The van der Waals surface area contributed by atoms with Crippen molar-refractivity contribution < 1.29 is 46.9 Å². The van der Waals surface area contributed by atoms with Crippen LogP contribution in [0.1, 0.15) is 60.2 Å². The van der Waals surface area contributed by atoms with Gasteiger partial charge in [-0.15, -0.1) is 0 Å². The maximum atomic E-state index is 16.0. The molecule has 0 spiro atoms. The average molecular weight is 838 g/mol. The molecule has 0 aliphatic carbocycles. The van der Waals surface area contributed by atoms with Crippen LogP contribution in [0.2, 0.25) is 10.0 Å². The van der Waals surface area contributed by atoms with Crippen LogP contribution in [0.25, 0.3) is 0 Å². The first kappa shape index (κ1) is 43.4. The van der Waals surface area contributed by atoms with E-state index in [1.54, 1.807) is 30.3 Å². The largest absolute Gasteiger partial charge is 0.495 e. The molecule has 1 aliphatic heterocycles. The third-order valence-electron chi connectivity index (χ3n) is 9.55. The highest BCUT2D eigenvalue weighted by atomic mass is 35.5. The van der Waals surface area contributed by atoms with Gasteiger partial charge in [-0.2, -0.15) is 5.26 Å². The summed E-state index contributed by atoms with van der Waals surface area (Å²) in [5, 5.41) is 16.9. The first-order chi connectivity index (χ1) is 27.5. The Bertz CT molecular complexity index is 2230. The molecule has 1 aliphatic rings. The highest BCUT2D eigenvalue weighted by molar-refractivity contribution is 6.31. The zero-order chi connectivity index (χ0) is 42.4. The molecule has 304 valence electrons. The van der Waals surface area contributed by atoms with Gasteiger partial charge in [0.05, 0.1) is 35.5 Å². The molecule has 4 aromatic rings. The summed E-state index contributed by atoms with van der Waals surface area (Å²) in [6, 6.07) is 20.8. The van der Waals surface area contributed by atoms with E-state index in [-0.39, 0.29) is 51.2 Å². The van der Waals surface area contributed by atoms with Gasteiger partial charge in [-0.05, 0) is 59.4 Å². The van der Waals surface area contributed by atoms with Crippen molar-refractivity contribution in [3.05, 3.63) is 129 Å². The van der Waals surface area contributed by atoms with Gasteiger partial charge >= 0.3 is 18.2 Å². The van der Waals surface area contributed by atoms with Gasteiger partial charge in [0.1, 0.15) is 29.4 Å². The van der Waals surface area contributed by atoms with Gasteiger partial charge in [0, 0.05) is 29.6 Å². The number of nitrogens with zero attached hydrogens (tertiary/aromatic N) is 2. The second-order valence-corrected chi connectivity index (χ2v) is 15.5. The number of halogens is 4. The lowest BCUT2D eigenvalue weighted by molar-refractivity contribution is -0.118. The number of esters is 1. The number of carbonyl (C=O) groups excluding carboxylic acids is 4. The fourth-order valence-corrected chi connectivity index (χ4v) is 7.23. The van der Waals surface area contributed by atoms with E-state index in [1.807, 2.05) is 20.8 Å². The number of rotatable bonds is 11. The van der Waals surface area contributed by atoms with Gasteiger partial charge < -0.3 is 29.6 Å². The molecule has 5 rings (SSSR count). The lowest BCUT2D eigenvalue weighted by Crippen LogP contribution is -2.45. The van der Waals surface area contributed by atoms with E-state index in [9.17, 15) is 24.4 Å². The number of methoxy groups -OCH3 is 1. The highest BCUT2D eigenvalue weighted by Gasteiger charge is 2.61. The van der Waals surface area contributed by atoms with Crippen LogP contribution in [0.15, 0.2) is 84.9 Å². The zero-order valence-corrected chi connectivity index (χ0v) is 33.6. The van der Waals surface area contributed by atoms with Crippen LogP contribution in [0, 0.1) is 28.4 Å². The van der Waals surface area contributed by atoms with Crippen molar-refractivity contribution in [2.75, 3.05) is 26.3 Å². The number of hydrogen-bond donors (Lipinski definition) is 2. The molecule has 0 unspecified atom stereocenters. The van der Waals surface area contributed by atoms with Crippen molar-refractivity contribution in [3.63, 3.8) is 0 Å². The molecule has 0 aromatic heterocycles. The number of ether oxygens (including phenoxy) is 4. The summed E-state index contributed by atoms with van der Waals surface area (Å²) in [6.45, 7) is 4.82. The minimum absolute atomic E-state index is 0.00528. The molecule has 12 nitrogen and oxygen atoms in total. The number of nitrogens with one attached hydrogen (secondary N) is 2. The summed E-state index contributed by atoms with van der Waals surface area (Å²) in [4.78, 5) is 52.5. The van der Waals surface area contributed by atoms with E-state index in [1.165, 1.54) is 55.6 Å². The number of hydrogen-bond acceptors (Lipinski definition) is 10. The summed E-state index contributed by atoms with van der Waals surface area (Å²) in [5.74, 6) is -4.68. The summed E-state index contributed by atoms with van der Waals surface area (Å²) < 4.78 is 52.5. The van der Waals surface area contributed by atoms with E-state index in [0.717, 1.165) is 13.1 Å². The van der Waals surface area contributed by atoms with Crippen molar-refractivity contribution in [1.82, 2.24) is 10.2 Å². The molecule has 0 bridgehead atoms. The van der Waals surface area contributed by atoms with E-state index in [4.69, 9.17) is 42.1 Å². The molecule has 1 saturated heterocycles. The van der Waals surface area contributed by atoms with Crippen molar-refractivity contribution in [3.8, 4) is 11.8 Å². The number of anilines is 1. The Balaban J connectivity index is 1.36.